The number of rotatable bonds is 6. The molecule has 0 atom stereocenters. The number of nitrogens with one attached hydrogen (secondary N) is 1. The molecule has 0 saturated carbocycles. The molecule has 0 radical (unpaired) electrons. The molecule has 1 aliphatic heterocycles. The van der Waals surface area contributed by atoms with E-state index < -0.39 is 0 Å². The van der Waals surface area contributed by atoms with Gasteiger partial charge in [-0.2, -0.15) is 5.10 Å². The number of benzene rings is 1. The van der Waals surface area contributed by atoms with Crippen LogP contribution in [0.4, 0.5) is 0 Å². The van der Waals surface area contributed by atoms with Gasteiger partial charge in [0.1, 0.15) is 5.75 Å². The van der Waals surface area contributed by atoms with Gasteiger partial charge in [0, 0.05) is 37.8 Å². The zero-order chi connectivity index (χ0) is 17.5. The van der Waals surface area contributed by atoms with Gasteiger partial charge in [0.15, 0.2) is 0 Å². The van der Waals surface area contributed by atoms with Crippen LogP contribution in [0, 0.1) is 6.92 Å². The first kappa shape index (κ1) is 17.3. The summed E-state index contributed by atoms with van der Waals surface area (Å²) in [5, 5.41) is 10.8. The van der Waals surface area contributed by atoms with Crippen molar-refractivity contribution in [3.8, 4) is 11.6 Å². The van der Waals surface area contributed by atoms with Crippen molar-refractivity contribution in [2.45, 2.75) is 6.92 Å². The lowest BCUT2D eigenvalue weighted by Gasteiger charge is -2.26. The summed E-state index contributed by atoms with van der Waals surface area (Å²) in [7, 11) is 0. The highest BCUT2D eigenvalue weighted by Gasteiger charge is 2.11. The molecule has 2 heterocycles. The lowest BCUT2D eigenvalue weighted by molar-refractivity contribution is 0.0383. The quantitative estimate of drug-likeness (QED) is 0.860. The molecule has 1 aromatic carbocycles. The van der Waals surface area contributed by atoms with Gasteiger partial charge in [-0.05, 0) is 37.3 Å². The molecule has 2 aromatic rings. The van der Waals surface area contributed by atoms with Gasteiger partial charge in [0.25, 0.3) is 5.91 Å². The maximum absolute atomic E-state index is 12.2. The van der Waals surface area contributed by atoms with Gasteiger partial charge < -0.3 is 14.8 Å². The van der Waals surface area contributed by atoms with E-state index >= 15 is 0 Å². The van der Waals surface area contributed by atoms with Crippen molar-refractivity contribution in [2.24, 2.45) is 0 Å². The molecule has 132 valence electrons. The number of aryl methyl sites for hydroxylation is 1. The second-order valence-electron chi connectivity index (χ2n) is 5.85. The Balaban J connectivity index is 1.47. The molecule has 7 nitrogen and oxygen atoms in total. The maximum atomic E-state index is 12.2. The van der Waals surface area contributed by atoms with E-state index in [1.807, 2.05) is 13.0 Å². The zero-order valence-electron chi connectivity index (χ0n) is 14.3. The van der Waals surface area contributed by atoms with Crippen molar-refractivity contribution in [1.82, 2.24) is 20.4 Å². The van der Waals surface area contributed by atoms with Crippen molar-refractivity contribution in [2.75, 3.05) is 39.4 Å². The third-order valence-corrected chi connectivity index (χ3v) is 3.93. The van der Waals surface area contributed by atoms with Gasteiger partial charge in [-0.25, -0.2) is 0 Å². The van der Waals surface area contributed by atoms with Crippen LogP contribution in [0.25, 0.3) is 0 Å². The van der Waals surface area contributed by atoms with E-state index in [4.69, 9.17) is 9.47 Å². The number of hydrogen-bond donors (Lipinski definition) is 1. The van der Waals surface area contributed by atoms with Crippen molar-refractivity contribution in [1.29, 1.82) is 0 Å². The highest BCUT2D eigenvalue weighted by atomic mass is 16.5. The number of carbonyl (C=O) groups excluding carboxylic acids is 1. The normalized spacial score (nSPS) is 14.9. The third-order valence-electron chi connectivity index (χ3n) is 3.93. The summed E-state index contributed by atoms with van der Waals surface area (Å²) in [6, 6.07) is 10.6. The number of ether oxygens (including phenoxy) is 2. The predicted molar refractivity (Wildman–Crippen MR) is 92.9 cm³/mol. The SMILES string of the molecule is Cc1ccc(Oc2ccc(C(=O)NCCN3CCOCC3)cc2)nn1. The van der Waals surface area contributed by atoms with Gasteiger partial charge in [0.05, 0.1) is 18.9 Å². The van der Waals surface area contributed by atoms with E-state index in [9.17, 15) is 4.79 Å². The molecule has 1 amide bonds. The molecule has 1 aromatic heterocycles. The average Bonchev–Trinajstić information content (AvgIpc) is 2.65. The molecule has 1 aliphatic rings. The molecular weight excluding hydrogens is 320 g/mol. The highest BCUT2D eigenvalue weighted by Crippen LogP contribution is 2.19. The Labute approximate surface area is 147 Å². The molecule has 1 fully saturated rings. The lowest BCUT2D eigenvalue weighted by atomic mass is 10.2. The van der Waals surface area contributed by atoms with Gasteiger partial charge in [0.2, 0.25) is 5.88 Å². The van der Waals surface area contributed by atoms with Gasteiger partial charge >= 0.3 is 0 Å². The van der Waals surface area contributed by atoms with Crippen LogP contribution in [0.2, 0.25) is 0 Å². The standard InChI is InChI=1S/C18H22N4O3/c1-14-2-7-17(21-20-14)25-16-5-3-15(4-6-16)18(23)19-8-9-22-10-12-24-13-11-22/h2-7H,8-13H2,1H3,(H,19,23). The number of morpholine rings is 1. The van der Waals surface area contributed by atoms with Crippen LogP contribution in [-0.4, -0.2) is 60.4 Å². The van der Waals surface area contributed by atoms with Crippen LogP contribution < -0.4 is 10.1 Å². The molecule has 0 bridgehead atoms. The van der Waals surface area contributed by atoms with Crippen LogP contribution in [0.1, 0.15) is 16.1 Å². The summed E-state index contributed by atoms with van der Waals surface area (Å²) >= 11 is 0. The first-order valence-corrected chi connectivity index (χ1v) is 8.37. The number of aromatic nitrogens is 2. The minimum Gasteiger partial charge on any atom is -0.438 e. The molecule has 0 unspecified atom stereocenters. The van der Waals surface area contributed by atoms with E-state index in [0.717, 1.165) is 38.5 Å². The number of hydrogen-bond acceptors (Lipinski definition) is 6. The van der Waals surface area contributed by atoms with E-state index in [1.54, 1.807) is 30.3 Å². The molecule has 0 aliphatic carbocycles. The van der Waals surface area contributed by atoms with Crippen molar-refractivity contribution >= 4 is 5.91 Å². The maximum Gasteiger partial charge on any atom is 0.251 e. The number of nitrogens with zero attached hydrogens (tertiary/aromatic N) is 3. The minimum absolute atomic E-state index is 0.0880. The summed E-state index contributed by atoms with van der Waals surface area (Å²) in [5.74, 6) is 0.950. The predicted octanol–water partition coefficient (Wildman–Crippen LogP) is 1.64. The smallest absolute Gasteiger partial charge is 0.251 e. The summed E-state index contributed by atoms with van der Waals surface area (Å²) in [6.45, 7) is 6.69. The Morgan fingerprint density at radius 3 is 2.60 bits per heavy atom. The molecule has 3 rings (SSSR count). The van der Waals surface area contributed by atoms with Crippen LogP contribution in [0.15, 0.2) is 36.4 Å². The third kappa shape index (κ3) is 5.23. The Kier molecular flexibility index (Phi) is 5.92. The van der Waals surface area contributed by atoms with Crippen LogP contribution in [-0.2, 0) is 4.74 Å². The fourth-order valence-electron chi connectivity index (χ4n) is 2.49. The van der Waals surface area contributed by atoms with Crippen molar-refractivity contribution < 1.29 is 14.3 Å². The molecule has 1 N–H and O–H groups in total. The molecule has 7 heteroatoms. The zero-order valence-corrected chi connectivity index (χ0v) is 14.3. The fraction of sp³-hybridized carbons (Fsp3) is 0.389. The van der Waals surface area contributed by atoms with Crippen LogP contribution in [0.5, 0.6) is 11.6 Å². The molecule has 0 spiro atoms. The second-order valence-corrected chi connectivity index (χ2v) is 5.85. The highest BCUT2D eigenvalue weighted by molar-refractivity contribution is 5.94. The number of carbonyl (C=O) groups is 1. The Morgan fingerprint density at radius 2 is 1.92 bits per heavy atom. The first-order chi connectivity index (χ1) is 12.2. The second kappa shape index (κ2) is 8.55. The summed E-state index contributed by atoms with van der Waals surface area (Å²) in [5.41, 5.74) is 1.43. The summed E-state index contributed by atoms with van der Waals surface area (Å²) in [4.78, 5) is 14.5. The summed E-state index contributed by atoms with van der Waals surface area (Å²) < 4.78 is 10.9. The Morgan fingerprint density at radius 1 is 1.16 bits per heavy atom. The van der Waals surface area contributed by atoms with Gasteiger partial charge in [-0.1, -0.05) is 0 Å². The van der Waals surface area contributed by atoms with Gasteiger partial charge in [-0.3, -0.25) is 9.69 Å². The van der Waals surface area contributed by atoms with Crippen molar-refractivity contribution in [3.05, 3.63) is 47.7 Å². The Hall–Kier alpha value is -2.51. The van der Waals surface area contributed by atoms with Crippen LogP contribution in [0.3, 0.4) is 0 Å². The van der Waals surface area contributed by atoms with Crippen LogP contribution >= 0.6 is 0 Å². The minimum atomic E-state index is -0.0880. The average molecular weight is 342 g/mol. The lowest BCUT2D eigenvalue weighted by Crippen LogP contribution is -2.41. The van der Waals surface area contributed by atoms with E-state index in [-0.39, 0.29) is 5.91 Å². The Bertz CT molecular complexity index is 682. The topological polar surface area (TPSA) is 76.6 Å². The summed E-state index contributed by atoms with van der Waals surface area (Å²) in [6.07, 6.45) is 0. The first-order valence-electron chi connectivity index (χ1n) is 8.37. The van der Waals surface area contributed by atoms with E-state index in [1.165, 1.54) is 0 Å². The molecular formula is C18H22N4O3. The van der Waals surface area contributed by atoms with Gasteiger partial charge in [-0.15, -0.1) is 5.10 Å². The van der Waals surface area contributed by atoms with Crippen molar-refractivity contribution in [3.63, 3.8) is 0 Å². The number of amides is 1. The monoisotopic (exact) mass is 342 g/mol. The molecule has 25 heavy (non-hydrogen) atoms. The van der Waals surface area contributed by atoms with E-state index in [0.29, 0.717) is 23.7 Å². The molecule has 1 saturated heterocycles. The fourth-order valence-corrected chi connectivity index (χ4v) is 2.49. The van der Waals surface area contributed by atoms with E-state index in [2.05, 4.69) is 20.4 Å². The largest absolute Gasteiger partial charge is 0.438 e.